The van der Waals surface area contributed by atoms with Crippen LogP contribution >= 0.6 is 11.6 Å². The third-order valence-electron chi connectivity index (χ3n) is 2.46. The van der Waals surface area contributed by atoms with Crippen molar-refractivity contribution in [3.05, 3.63) is 35.4 Å². The molecule has 0 aliphatic carbocycles. The van der Waals surface area contributed by atoms with Crippen LogP contribution in [0.3, 0.4) is 0 Å². The van der Waals surface area contributed by atoms with Crippen LogP contribution in [0.1, 0.15) is 25.0 Å². The number of hydrogen-bond acceptors (Lipinski definition) is 1. The van der Waals surface area contributed by atoms with Gasteiger partial charge in [0.05, 0.1) is 6.00 Å². The molecule has 0 saturated heterocycles. The molecule has 1 aromatic carbocycles. The average Bonchev–Trinajstić information content (AvgIpc) is 2.15. The van der Waals surface area contributed by atoms with Crippen LogP contribution in [0.25, 0.3) is 0 Å². The second kappa shape index (κ2) is 4.81. The molecule has 0 aliphatic heterocycles. The monoisotopic (exact) mass is 211 g/mol. The molecule has 1 nitrogen and oxygen atoms in total. The third-order valence-corrected chi connectivity index (χ3v) is 2.65. The van der Waals surface area contributed by atoms with E-state index in [4.69, 9.17) is 11.6 Å². The molecule has 0 amide bonds. The van der Waals surface area contributed by atoms with E-state index in [1.165, 1.54) is 11.1 Å². The smallest absolute Gasteiger partial charge is 0.0713 e. The van der Waals surface area contributed by atoms with Gasteiger partial charge in [0.1, 0.15) is 0 Å². The Hall–Kier alpha value is -0.530. The first kappa shape index (κ1) is 11.5. The van der Waals surface area contributed by atoms with Crippen molar-refractivity contribution in [1.82, 2.24) is 5.32 Å². The maximum Gasteiger partial charge on any atom is 0.0713 e. The Bertz CT molecular complexity index is 294. The highest BCUT2D eigenvalue weighted by atomic mass is 35.5. The van der Waals surface area contributed by atoms with E-state index in [0.29, 0.717) is 6.00 Å². The van der Waals surface area contributed by atoms with Crippen LogP contribution in [0.4, 0.5) is 0 Å². The van der Waals surface area contributed by atoms with Gasteiger partial charge >= 0.3 is 0 Å². The van der Waals surface area contributed by atoms with Crippen molar-refractivity contribution in [1.29, 1.82) is 0 Å². The van der Waals surface area contributed by atoms with Crippen molar-refractivity contribution in [2.45, 2.75) is 26.2 Å². The summed E-state index contributed by atoms with van der Waals surface area (Å²) in [5.41, 5.74) is 2.80. The van der Waals surface area contributed by atoms with Crippen LogP contribution in [0.2, 0.25) is 0 Å². The number of halogens is 1. The van der Waals surface area contributed by atoms with Gasteiger partial charge in [0.25, 0.3) is 0 Å². The predicted octanol–water partition coefficient (Wildman–Crippen LogP) is 3.06. The van der Waals surface area contributed by atoms with E-state index in [2.05, 4.69) is 50.4 Å². The number of rotatable bonds is 4. The fourth-order valence-electron chi connectivity index (χ4n) is 1.53. The number of nitrogens with one attached hydrogen (secondary N) is 1. The number of benzene rings is 1. The van der Waals surface area contributed by atoms with Crippen LogP contribution in [0, 0.1) is 6.92 Å². The summed E-state index contributed by atoms with van der Waals surface area (Å²) in [5, 5.41) is 3.17. The molecule has 0 heterocycles. The van der Waals surface area contributed by atoms with Crippen molar-refractivity contribution in [3.8, 4) is 0 Å². The summed E-state index contributed by atoms with van der Waals surface area (Å²) in [4.78, 5) is 0. The minimum Gasteiger partial charge on any atom is -0.303 e. The summed E-state index contributed by atoms with van der Waals surface area (Å²) in [6.45, 7) is 7.47. The third kappa shape index (κ3) is 3.00. The first-order valence-corrected chi connectivity index (χ1v) is 5.43. The van der Waals surface area contributed by atoms with Crippen LogP contribution in [-0.4, -0.2) is 12.5 Å². The van der Waals surface area contributed by atoms with E-state index in [9.17, 15) is 0 Å². The SMILES string of the molecule is Cc1cccc(C(C)(C)CNCCl)c1. The van der Waals surface area contributed by atoms with Gasteiger partial charge < -0.3 is 5.32 Å². The number of alkyl halides is 1. The zero-order valence-corrected chi connectivity index (χ0v) is 9.86. The number of hydrogen-bond donors (Lipinski definition) is 1. The Balaban J connectivity index is 2.80. The van der Waals surface area contributed by atoms with Gasteiger partial charge in [-0.2, -0.15) is 0 Å². The maximum atomic E-state index is 5.62. The van der Waals surface area contributed by atoms with Gasteiger partial charge in [0.2, 0.25) is 0 Å². The molecule has 1 N–H and O–H groups in total. The van der Waals surface area contributed by atoms with E-state index >= 15 is 0 Å². The highest BCUT2D eigenvalue weighted by molar-refractivity contribution is 6.17. The molecule has 78 valence electrons. The van der Waals surface area contributed by atoms with Crippen molar-refractivity contribution >= 4 is 11.6 Å². The van der Waals surface area contributed by atoms with Crippen molar-refractivity contribution in [3.63, 3.8) is 0 Å². The first-order valence-electron chi connectivity index (χ1n) is 4.90. The van der Waals surface area contributed by atoms with Gasteiger partial charge in [-0.25, -0.2) is 0 Å². The van der Waals surface area contributed by atoms with Crippen LogP contribution in [-0.2, 0) is 5.41 Å². The Kier molecular flexibility index (Phi) is 3.97. The van der Waals surface area contributed by atoms with Gasteiger partial charge in [0, 0.05) is 12.0 Å². The summed E-state index contributed by atoms with van der Waals surface area (Å²) in [5.74, 6) is 0. The second-order valence-electron chi connectivity index (χ2n) is 4.31. The lowest BCUT2D eigenvalue weighted by molar-refractivity contribution is 0.489. The zero-order chi connectivity index (χ0) is 10.6. The summed E-state index contributed by atoms with van der Waals surface area (Å²) in [6, 6.07) is 9.13. The molecule has 1 aromatic rings. The second-order valence-corrected chi connectivity index (χ2v) is 4.58. The maximum absolute atomic E-state index is 5.62. The molecule has 0 spiro atoms. The van der Waals surface area contributed by atoms with Crippen LogP contribution in [0.5, 0.6) is 0 Å². The minimum atomic E-state index is 0.140. The lowest BCUT2D eigenvalue weighted by atomic mass is 9.84. The van der Waals surface area contributed by atoms with Crippen LogP contribution < -0.4 is 5.32 Å². The molecule has 0 unspecified atom stereocenters. The van der Waals surface area contributed by atoms with Crippen molar-refractivity contribution < 1.29 is 0 Å². The molecule has 0 fully saturated rings. The van der Waals surface area contributed by atoms with Crippen molar-refractivity contribution in [2.24, 2.45) is 0 Å². The van der Waals surface area contributed by atoms with Gasteiger partial charge in [-0.15, -0.1) is 11.6 Å². The average molecular weight is 212 g/mol. The highest BCUT2D eigenvalue weighted by Gasteiger charge is 2.19. The van der Waals surface area contributed by atoms with Gasteiger partial charge in [-0.1, -0.05) is 43.7 Å². The molecule has 0 radical (unpaired) electrons. The molecule has 0 aliphatic rings. The molecule has 14 heavy (non-hydrogen) atoms. The van der Waals surface area contributed by atoms with E-state index in [1.807, 2.05) is 0 Å². The van der Waals surface area contributed by atoms with E-state index < -0.39 is 0 Å². The summed E-state index contributed by atoms with van der Waals surface area (Å²) < 4.78 is 0. The van der Waals surface area contributed by atoms with E-state index in [0.717, 1.165) is 6.54 Å². The normalized spacial score (nSPS) is 11.7. The Morgan fingerprint density at radius 3 is 2.64 bits per heavy atom. The fourth-order valence-corrected chi connectivity index (χ4v) is 1.62. The Morgan fingerprint density at radius 2 is 2.07 bits per heavy atom. The highest BCUT2D eigenvalue weighted by Crippen LogP contribution is 2.22. The van der Waals surface area contributed by atoms with Gasteiger partial charge in [-0.05, 0) is 12.5 Å². The van der Waals surface area contributed by atoms with Gasteiger partial charge in [0.15, 0.2) is 0 Å². The Morgan fingerprint density at radius 1 is 1.36 bits per heavy atom. The quantitative estimate of drug-likeness (QED) is 0.596. The molecule has 0 atom stereocenters. The van der Waals surface area contributed by atoms with Gasteiger partial charge in [-0.3, -0.25) is 0 Å². The lowest BCUT2D eigenvalue weighted by Gasteiger charge is -2.25. The van der Waals surface area contributed by atoms with Crippen LogP contribution in [0.15, 0.2) is 24.3 Å². The standard InChI is InChI=1S/C12H18ClN/c1-10-5-4-6-11(7-10)12(2,3)8-14-9-13/h4-7,14H,8-9H2,1-3H3. The molecule has 2 heteroatoms. The molecule has 0 aromatic heterocycles. The minimum absolute atomic E-state index is 0.140. The Labute approximate surface area is 91.5 Å². The lowest BCUT2D eigenvalue weighted by Crippen LogP contribution is -2.32. The summed E-state index contributed by atoms with van der Waals surface area (Å²) >= 11 is 5.62. The summed E-state index contributed by atoms with van der Waals surface area (Å²) in [7, 11) is 0. The molecule has 0 saturated carbocycles. The van der Waals surface area contributed by atoms with E-state index in [-0.39, 0.29) is 5.41 Å². The fraction of sp³-hybridized carbons (Fsp3) is 0.500. The molecule has 0 bridgehead atoms. The topological polar surface area (TPSA) is 12.0 Å². The number of aryl methyl sites for hydroxylation is 1. The predicted molar refractivity (Wildman–Crippen MR) is 62.9 cm³/mol. The summed E-state index contributed by atoms with van der Waals surface area (Å²) in [6.07, 6.45) is 0. The zero-order valence-electron chi connectivity index (χ0n) is 9.10. The molecular formula is C12H18ClN. The largest absolute Gasteiger partial charge is 0.303 e. The van der Waals surface area contributed by atoms with E-state index in [1.54, 1.807) is 0 Å². The first-order chi connectivity index (χ1) is 6.56. The molecular weight excluding hydrogens is 194 g/mol. The molecule has 1 rings (SSSR count). The van der Waals surface area contributed by atoms with Crippen molar-refractivity contribution in [2.75, 3.05) is 12.5 Å².